The fourth-order valence-corrected chi connectivity index (χ4v) is 2.65. The van der Waals surface area contributed by atoms with E-state index >= 15 is 0 Å². The molecule has 0 bridgehead atoms. The first-order valence-electron chi connectivity index (χ1n) is 8.43. The Labute approximate surface area is 159 Å². The normalized spacial score (nSPS) is 20.4. The number of pyridine rings is 1. The summed E-state index contributed by atoms with van der Waals surface area (Å²) >= 11 is 0. The number of aromatic nitrogens is 1. The summed E-state index contributed by atoms with van der Waals surface area (Å²) < 4.78 is 53.9. The molecule has 0 saturated heterocycles. The van der Waals surface area contributed by atoms with Crippen molar-refractivity contribution in [2.45, 2.75) is 32.2 Å². The van der Waals surface area contributed by atoms with Gasteiger partial charge in [0, 0.05) is 29.3 Å². The molecule has 1 aromatic heterocycles. The van der Waals surface area contributed by atoms with Crippen LogP contribution in [0.2, 0.25) is 0 Å². The Morgan fingerprint density at radius 2 is 1.96 bits per heavy atom. The van der Waals surface area contributed by atoms with Crippen LogP contribution in [0.15, 0.2) is 41.5 Å². The molecule has 0 spiro atoms. The summed E-state index contributed by atoms with van der Waals surface area (Å²) in [5, 5.41) is 2.29. The van der Waals surface area contributed by atoms with Gasteiger partial charge in [0.1, 0.15) is 17.7 Å². The van der Waals surface area contributed by atoms with E-state index in [1.807, 2.05) is 6.92 Å². The van der Waals surface area contributed by atoms with Crippen LogP contribution in [0.4, 0.5) is 23.2 Å². The first-order chi connectivity index (χ1) is 13.1. The van der Waals surface area contributed by atoms with Crippen LogP contribution in [0.25, 0.3) is 0 Å². The minimum absolute atomic E-state index is 0.0778. The van der Waals surface area contributed by atoms with Crippen LogP contribution >= 0.6 is 0 Å². The van der Waals surface area contributed by atoms with Gasteiger partial charge in [0.2, 0.25) is 6.41 Å². The summed E-state index contributed by atoms with van der Waals surface area (Å²) in [6.07, 6.45) is 1.10. The Bertz CT molecular complexity index is 835. The number of nitrogens with two attached hydrogens (primary N) is 1. The molecule has 9 heteroatoms. The van der Waals surface area contributed by atoms with Crippen molar-refractivity contribution < 1.29 is 22.4 Å². The number of aliphatic imine (C=N–C) groups is 1. The monoisotopic (exact) mass is 396 g/mol. The maximum absolute atomic E-state index is 14.1. The molecule has 1 aromatic carbocycles. The highest BCUT2D eigenvalue weighted by atomic mass is 19.3. The van der Waals surface area contributed by atoms with Crippen molar-refractivity contribution in [2.75, 3.05) is 5.32 Å². The molecule has 3 N–H and O–H groups in total. The number of hydrogen-bond donors (Lipinski definition) is 2. The van der Waals surface area contributed by atoms with Crippen molar-refractivity contribution >= 4 is 17.9 Å². The molecule has 0 radical (unpaired) electrons. The highest BCUT2D eigenvalue weighted by molar-refractivity contribution is 5.83. The number of amidine groups is 1. The van der Waals surface area contributed by atoms with Crippen LogP contribution in [0, 0.1) is 24.5 Å². The second-order valence-electron chi connectivity index (χ2n) is 6.44. The summed E-state index contributed by atoms with van der Waals surface area (Å²) in [5.74, 6) is -4.76. The van der Waals surface area contributed by atoms with E-state index in [4.69, 9.17) is 5.73 Å². The number of hydrogen-bond acceptors (Lipinski definition) is 4. The van der Waals surface area contributed by atoms with Gasteiger partial charge in [-0.15, -0.1) is 0 Å². The van der Waals surface area contributed by atoms with Gasteiger partial charge in [0.05, 0.1) is 12.0 Å². The Hall–Kier alpha value is -2.97. The van der Waals surface area contributed by atoms with E-state index in [1.54, 1.807) is 13.0 Å². The fourth-order valence-electron chi connectivity index (χ4n) is 2.65. The summed E-state index contributed by atoms with van der Waals surface area (Å²) in [7, 11) is 0. The lowest BCUT2D eigenvalue weighted by Crippen LogP contribution is -2.39. The number of halogens is 4. The first kappa shape index (κ1) is 21.3. The van der Waals surface area contributed by atoms with E-state index in [1.165, 1.54) is 18.3 Å². The molecule has 150 valence electrons. The van der Waals surface area contributed by atoms with Gasteiger partial charge in [-0.05, 0) is 37.3 Å². The summed E-state index contributed by atoms with van der Waals surface area (Å²) in [6.45, 7) is 3.36. The number of benzene rings is 1. The molecule has 0 saturated carbocycles. The minimum Gasteiger partial charge on any atom is -0.387 e. The highest BCUT2D eigenvalue weighted by Crippen LogP contribution is 2.44. The van der Waals surface area contributed by atoms with Gasteiger partial charge >= 0.3 is 0 Å². The molecule has 1 aliphatic rings. The molecule has 2 aromatic rings. The third-order valence-electron chi connectivity index (χ3n) is 4.15. The van der Waals surface area contributed by atoms with Crippen LogP contribution in [0.1, 0.15) is 30.6 Å². The molecule has 28 heavy (non-hydrogen) atoms. The molecule has 1 aliphatic heterocycles. The van der Waals surface area contributed by atoms with Gasteiger partial charge in [-0.2, -0.15) is 0 Å². The quantitative estimate of drug-likeness (QED) is 0.608. The average Bonchev–Trinajstić information content (AvgIpc) is 2.63. The van der Waals surface area contributed by atoms with Crippen LogP contribution in [-0.4, -0.2) is 23.2 Å². The zero-order valence-electron chi connectivity index (χ0n) is 15.3. The number of aryl methyl sites for hydroxylation is 1. The highest BCUT2D eigenvalue weighted by Gasteiger charge is 2.46. The smallest absolute Gasteiger partial charge is 0.274 e. The van der Waals surface area contributed by atoms with Crippen molar-refractivity contribution in [1.29, 1.82) is 0 Å². The van der Waals surface area contributed by atoms with Crippen molar-refractivity contribution in [3.05, 3.63) is 59.4 Å². The minimum atomic E-state index is -3.19. The van der Waals surface area contributed by atoms with Crippen molar-refractivity contribution in [3.63, 3.8) is 0 Å². The van der Waals surface area contributed by atoms with Crippen LogP contribution in [-0.2, 0) is 4.79 Å². The predicted molar refractivity (Wildman–Crippen MR) is 98.1 cm³/mol. The Balaban J connectivity index is 0.000000292. The zero-order chi connectivity index (χ0) is 20.9. The van der Waals surface area contributed by atoms with Crippen LogP contribution < -0.4 is 11.1 Å². The standard InChI is InChI=1S/C13H14F3N3O.C6H6FN/c1-7-5-13(15,16)11(19-12(7)17)9-4-8(18-6-20)2-3-10(9)14;1-5-2-3-6(7)4-8-5/h2-4,6-7,11H,5H2,1H3,(H2,17,19)(H,18,20);2-4H,1H3/t7-,11?;/m0./s1. The number of carbonyl (C=O) groups excluding carboxylic acids is 1. The van der Waals surface area contributed by atoms with E-state index in [0.717, 1.165) is 17.8 Å². The maximum Gasteiger partial charge on any atom is 0.274 e. The van der Waals surface area contributed by atoms with E-state index in [9.17, 15) is 22.4 Å². The van der Waals surface area contributed by atoms with Crippen molar-refractivity contribution in [3.8, 4) is 0 Å². The number of alkyl halides is 2. The van der Waals surface area contributed by atoms with Gasteiger partial charge in [0.15, 0.2) is 0 Å². The van der Waals surface area contributed by atoms with Crippen molar-refractivity contribution in [2.24, 2.45) is 16.6 Å². The van der Waals surface area contributed by atoms with E-state index in [2.05, 4.69) is 15.3 Å². The van der Waals surface area contributed by atoms with E-state index < -0.39 is 30.1 Å². The van der Waals surface area contributed by atoms with Crippen molar-refractivity contribution in [1.82, 2.24) is 4.98 Å². The second-order valence-corrected chi connectivity index (χ2v) is 6.44. The average molecular weight is 396 g/mol. The lowest BCUT2D eigenvalue weighted by Gasteiger charge is -2.32. The molecule has 0 fully saturated rings. The fraction of sp³-hybridized carbons (Fsp3) is 0.316. The summed E-state index contributed by atoms with van der Waals surface area (Å²) in [6, 6.07) is 4.80. The van der Waals surface area contributed by atoms with Gasteiger partial charge in [-0.25, -0.2) is 17.6 Å². The molecule has 1 amide bonds. The predicted octanol–water partition coefficient (Wildman–Crippen LogP) is 4.00. The third-order valence-corrected chi connectivity index (χ3v) is 4.15. The SMILES string of the molecule is C[C@H]1CC(F)(F)C(c2cc(NC=O)ccc2F)N=C1N.Cc1ccc(F)cn1. The number of nitrogens with zero attached hydrogens (tertiary/aromatic N) is 2. The summed E-state index contributed by atoms with van der Waals surface area (Å²) in [4.78, 5) is 17.8. The van der Waals surface area contributed by atoms with Gasteiger partial charge in [-0.3, -0.25) is 14.8 Å². The number of carbonyl (C=O) groups is 1. The zero-order valence-corrected chi connectivity index (χ0v) is 15.3. The molecule has 1 unspecified atom stereocenters. The lowest BCUT2D eigenvalue weighted by molar-refractivity contribution is -0.105. The molecule has 2 atom stereocenters. The summed E-state index contributed by atoms with van der Waals surface area (Å²) in [5.41, 5.74) is 6.38. The maximum atomic E-state index is 14.1. The Kier molecular flexibility index (Phi) is 6.71. The Morgan fingerprint density at radius 1 is 1.25 bits per heavy atom. The number of rotatable bonds is 3. The molecule has 2 heterocycles. The first-order valence-corrected chi connectivity index (χ1v) is 8.43. The van der Waals surface area contributed by atoms with Crippen LogP contribution in [0.5, 0.6) is 0 Å². The molecule has 5 nitrogen and oxygen atoms in total. The third kappa shape index (κ3) is 5.28. The van der Waals surface area contributed by atoms with E-state index in [-0.39, 0.29) is 22.9 Å². The number of amides is 1. The second kappa shape index (κ2) is 8.81. The Morgan fingerprint density at radius 3 is 2.54 bits per heavy atom. The van der Waals surface area contributed by atoms with Gasteiger partial charge in [-0.1, -0.05) is 6.92 Å². The molecular weight excluding hydrogens is 376 g/mol. The van der Waals surface area contributed by atoms with Gasteiger partial charge < -0.3 is 11.1 Å². The van der Waals surface area contributed by atoms with Gasteiger partial charge in [0.25, 0.3) is 5.92 Å². The van der Waals surface area contributed by atoms with Crippen LogP contribution in [0.3, 0.4) is 0 Å². The number of anilines is 1. The molecular formula is C19H20F4N4O. The number of nitrogens with one attached hydrogen (secondary N) is 1. The largest absolute Gasteiger partial charge is 0.387 e. The molecule has 3 rings (SSSR count). The van der Waals surface area contributed by atoms with E-state index in [0.29, 0.717) is 6.41 Å². The lowest BCUT2D eigenvalue weighted by atomic mass is 9.89. The topological polar surface area (TPSA) is 80.4 Å². The molecule has 0 aliphatic carbocycles.